The van der Waals surface area contributed by atoms with Crippen molar-refractivity contribution >= 4 is 23.2 Å². The zero-order valence-corrected chi connectivity index (χ0v) is 19.3. The first-order chi connectivity index (χ1) is 16.1. The number of ether oxygens (including phenoxy) is 3. The van der Waals surface area contributed by atoms with Gasteiger partial charge < -0.3 is 19.5 Å². The molecule has 0 aliphatic carbocycles. The molecule has 4 rings (SSSR count). The van der Waals surface area contributed by atoms with Crippen LogP contribution in [0.15, 0.2) is 66.7 Å². The number of hydrogen-bond donors (Lipinski definition) is 1. The zero-order chi connectivity index (χ0) is 23.0. The van der Waals surface area contributed by atoms with E-state index in [9.17, 15) is 4.79 Å². The number of carbonyl (C=O) groups excluding carboxylic acids is 1. The van der Waals surface area contributed by atoms with Crippen LogP contribution in [0.3, 0.4) is 0 Å². The van der Waals surface area contributed by atoms with Crippen molar-refractivity contribution in [2.75, 3.05) is 38.2 Å². The zero-order valence-electron chi connectivity index (χ0n) is 18.6. The largest absolute Gasteiger partial charge is 0.487 e. The van der Waals surface area contributed by atoms with E-state index < -0.39 is 0 Å². The maximum absolute atomic E-state index is 13.0. The predicted octanol–water partition coefficient (Wildman–Crippen LogP) is 5.29. The topological polar surface area (TPSA) is 60.0 Å². The molecule has 7 heteroatoms. The maximum atomic E-state index is 13.0. The van der Waals surface area contributed by atoms with Gasteiger partial charge in [0.25, 0.3) is 0 Å². The number of rotatable bonds is 2. The fraction of sp³-hybridized carbons (Fsp3) is 0.269. The van der Waals surface area contributed by atoms with Gasteiger partial charge in [-0.3, -0.25) is 9.69 Å². The van der Waals surface area contributed by atoms with Crippen LogP contribution < -0.4 is 14.8 Å². The number of anilines is 1. The van der Waals surface area contributed by atoms with Gasteiger partial charge in [0.15, 0.2) is 17.2 Å². The van der Waals surface area contributed by atoms with E-state index >= 15 is 0 Å². The SMILES string of the molecule is Cc1ccc(CN2CCOCCOc3ccccc3Oc3ccc(Cl)cc3NC(=O)C2)cc1. The number of carbonyl (C=O) groups is 1. The molecular formula is C26H27ClN2O4. The number of aryl methyl sites for hydroxylation is 1. The highest BCUT2D eigenvalue weighted by Gasteiger charge is 2.16. The lowest BCUT2D eigenvalue weighted by Crippen LogP contribution is -2.35. The van der Waals surface area contributed by atoms with E-state index in [0.29, 0.717) is 60.9 Å². The van der Waals surface area contributed by atoms with Gasteiger partial charge in [0, 0.05) is 18.1 Å². The molecule has 172 valence electrons. The highest BCUT2D eigenvalue weighted by Crippen LogP contribution is 2.36. The lowest BCUT2D eigenvalue weighted by molar-refractivity contribution is -0.117. The van der Waals surface area contributed by atoms with Crippen LogP contribution in [-0.4, -0.2) is 43.7 Å². The molecule has 0 spiro atoms. The summed E-state index contributed by atoms with van der Waals surface area (Å²) in [7, 11) is 0. The van der Waals surface area contributed by atoms with Crippen LogP contribution in [0.4, 0.5) is 5.69 Å². The summed E-state index contributed by atoms with van der Waals surface area (Å²) in [6.07, 6.45) is 0. The minimum absolute atomic E-state index is 0.159. The molecule has 1 aliphatic rings. The van der Waals surface area contributed by atoms with Gasteiger partial charge in [-0.25, -0.2) is 0 Å². The standard InChI is InChI=1S/C26H27ClN2O4/c1-19-6-8-20(9-7-19)17-29-12-13-31-14-15-32-24-4-2-3-5-25(24)33-23-11-10-21(27)16-22(23)28-26(30)18-29/h2-11,16H,12-15,17-18H2,1H3,(H,28,30). The Hall–Kier alpha value is -3.06. The molecule has 33 heavy (non-hydrogen) atoms. The van der Waals surface area contributed by atoms with E-state index in [1.54, 1.807) is 18.2 Å². The molecular weight excluding hydrogens is 440 g/mol. The predicted molar refractivity (Wildman–Crippen MR) is 129 cm³/mol. The molecule has 0 unspecified atom stereocenters. The highest BCUT2D eigenvalue weighted by atomic mass is 35.5. The molecule has 6 nitrogen and oxygen atoms in total. The Morgan fingerprint density at radius 2 is 1.73 bits per heavy atom. The van der Waals surface area contributed by atoms with E-state index in [1.807, 2.05) is 24.3 Å². The Kier molecular flexibility index (Phi) is 7.83. The first kappa shape index (κ1) is 23.1. The maximum Gasteiger partial charge on any atom is 0.238 e. The van der Waals surface area contributed by atoms with Gasteiger partial charge in [0.1, 0.15) is 6.61 Å². The van der Waals surface area contributed by atoms with Crippen molar-refractivity contribution in [2.24, 2.45) is 0 Å². The average molecular weight is 467 g/mol. The summed E-state index contributed by atoms with van der Waals surface area (Å²) in [6, 6.07) is 20.9. The third kappa shape index (κ3) is 6.71. The quantitative estimate of drug-likeness (QED) is 0.556. The molecule has 0 radical (unpaired) electrons. The van der Waals surface area contributed by atoms with E-state index in [0.717, 1.165) is 5.56 Å². The Morgan fingerprint density at radius 3 is 2.55 bits per heavy atom. The van der Waals surface area contributed by atoms with Crippen molar-refractivity contribution in [3.63, 3.8) is 0 Å². The van der Waals surface area contributed by atoms with Crippen molar-refractivity contribution in [1.29, 1.82) is 0 Å². The number of halogens is 1. The molecule has 0 saturated heterocycles. The van der Waals surface area contributed by atoms with Crippen LogP contribution in [-0.2, 0) is 16.1 Å². The van der Waals surface area contributed by atoms with Crippen molar-refractivity contribution in [1.82, 2.24) is 4.90 Å². The van der Waals surface area contributed by atoms with E-state index in [2.05, 4.69) is 41.4 Å². The van der Waals surface area contributed by atoms with Crippen LogP contribution in [0.5, 0.6) is 17.2 Å². The summed E-state index contributed by atoms with van der Waals surface area (Å²) in [4.78, 5) is 15.0. The third-order valence-corrected chi connectivity index (χ3v) is 5.45. The van der Waals surface area contributed by atoms with E-state index in [1.165, 1.54) is 5.56 Å². The number of hydrogen-bond acceptors (Lipinski definition) is 5. The van der Waals surface area contributed by atoms with Crippen molar-refractivity contribution in [3.05, 3.63) is 82.9 Å². The molecule has 1 amide bonds. The number of amides is 1. The Bertz CT molecular complexity index is 1090. The highest BCUT2D eigenvalue weighted by molar-refractivity contribution is 6.31. The van der Waals surface area contributed by atoms with E-state index in [-0.39, 0.29) is 12.5 Å². The minimum Gasteiger partial charge on any atom is -0.487 e. The smallest absolute Gasteiger partial charge is 0.238 e. The molecule has 1 N–H and O–H groups in total. The number of nitrogens with zero attached hydrogens (tertiary/aromatic N) is 1. The Balaban J connectivity index is 1.57. The molecule has 0 saturated carbocycles. The normalized spacial score (nSPS) is 15.6. The second-order valence-corrected chi connectivity index (χ2v) is 8.33. The Morgan fingerprint density at radius 1 is 0.939 bits per heavy atom. The molecule has 3 aromatic carbocycles. The lowest BCUT2D eigenvalue weighted by atomic mass is 10.1. The van der Waals surface area contributed by atoms with Gasteiger partial charge in [0.2, 0.25) is 5.91 Å². The average Bonchev–Trinajstić information content (AvgIpc) is 2.80. The molecule has 3 aromatic rings. The van der Waals surface area contributed by atoms with Gasteiger partial charge in [-0.15, -0.1) is 0 Å². The summed E-state index contributed by atoms with van der Waals surface area (Å²) < 4.78 is 17.8. The summed E-state index contributed by atoms with van der Waals surface area (Å²) in [6.45, 7) is 4.82. The van der Waals surface area contributed by atoms with Gasteiger partial charge in [0.05, 0.1) is 25.4 Å². The Labute approximate surface area is 199 Å². The first-order valence-corrected chi connectivity index (χ1v) is 11.3. The minimum atomic E-state index is -0.159. The number of benzene rings is 3. The van der Waals surface area contributed by atoms with Crippen molar-refractivity contribution < 1.29 is 19.0 Å². The third-order valence-electron chi connectivity index (χ3n) is 5.22. The summed E-state index contributed by atoms with van der Waals surface area (Å²) in [5.74, 6) is 1.48. The van der Waals surface area contributed by atoms with E-state index in [4.69, 9.17) is 25.8 Å². The monoisotopic (exact) mass is 466 g/mol. The fourth-order valence-corrected chi connectivity index (χ4v) is 3.70. The second-order valence-electron chi connectivity index (χ2n) is 7.89. The van der Waals surface area contributed by atoms with Crippen LogP contribution >= 0.6 is 11.6 Å². The summed E-state index contributed by atoms with van der Waals surface area (Å²) >= 11 is 6.21. The molecule has 1 aliphatic heterocycles. The fourth-order valence-electron chi connectivity index (χ4n) is 3.53. The lowest BCUT2D eigenvalue weighted by Gasteiger charge is -2.22. The van der Waals surface area contributed by atoms with Crippen molar-refractivity contribution in [3.8, 4) is 17.2 Å². The number of fused-ring (bicyclic) bond motifs is 2. The van der Waals surface area contributed by atoms with Crippen LogP contribution in [0.25, 0.3) is 0 Å². The van der Waals surface area contributed by atoms with Crippen molar-refractivity contribution in [2.45, 2.75) is 13.5 Å². The van der Waals surface area contributed by atoms with Gasteiger partial charge >= 0.3 is 0 Å². The van der Waals surface area contributed by atoms with Crippen LogP contribution in [0.2, 0.25) is 5.02 Å². The summed E-state index contributed by atoms with van der Waals surface area (Å²) in [5, 5.41) is 3.46. The summed E-state index contributed by atoms with van der Waals surface area (Å²) in [5.41, 5.74) is 2.84. The van der Waals surface area contributed by atoms with Crippen LogP contribution in [0, 0.1) is 6.92 Å². The van der Waals surface area contributed by atoms with Crippen LogP contribution in [0.1, 0.15) is 11.1 Å². The molecule has 0 fully saturated rings. The van der Waals surface area contributed by atoms with Gasteiger partial charge in [-0.05, 0) is 42.8 Å². The molecule has 1 heterocycles. The number of para-hydroxylation sites is 2. The molecule has 0 bridgehead atoms. The first-order valence-electron chi connectivity index (χ1n) is 10.9. The second kappa shape index (κ2) is 11.2. The molecule has 0 aromatic heterocycles. The number of nitrogens with one attached hydrogen (secondary N) is 1. The van der Waals surface area contributed by atoms with Gasteiger partial charge in [-0.2, -0.15) is 0 Å². The van der Waals surface area contributed by atoms with Gasteiger partial charge in [-0.1, -0.05) is 53.6 Å². The molecule has 0 atom stereocenters.